The molecule has 0 heterocycles. The van der Waals surface area contributed by atoms with Crippen LogP contribution in [0.25, 0.3) is 0 Å². The topological polar surface area (TPSA) is 86.2 Å². The summed E-state index contributed by atoms with van der Waals surface area (Å²) in [6.07, 6.45) is 1.65. The number of hydrogen-bond donors (Lipinski definition) is 1. The Morgan fingerprint density at radius 2 is 2.18 bits per heavy atom. The molecule has 0 radical (unpaired) electrons. The molecule has 5 heteroatoms. The van der Waals surface area contributed by atoms with Crippen LogP contribution in [0.2, 0.25) is 0 Å². The Kier molecular flexibility index (Phi) is 2.83. The van der Waals surface area contributed by atoms with Crippen LogP contribution in [0, 0.1) is 23.0 Å². The third-order valence-electron chi connectivity index (χ3n) is 3.51. The van der Waals surface area contributed by atoms with Crippen molar-refractivity contribution in [2.75, 3.05) is 0 Å². The molecule has 1 amide bonds. The van der Waals surface area contributed by atoms with E-state index in [0.717, 1.165) is 24.0 Å². The highest BCUT2D eigenvalue weighted by molar-refractivity contribution is 5.79. The first-order valence-electron chi connectivity index (χ1n) is 5.55. The summed E-state index contributed by atoms with van der Waals surface area (Å²) < 4.78 is 0. The molecule has 90 valence electrons. The predicted octanol–water partition coefficient (Wildman–Crippen LogP) is 1.88. The zero-order valence-electron chi connectivity index (χ0n) is 9.55. The fraction of sp³-hybridized carbons (Fsp3) is 0.417. The van der Waals surface area contributed by atoms with Gasteiger partial charge in [-0.3, -0.25) is 14.9 Å². The number of aryl methyl sites for hydroxylation is 1. The highest BCUT2D eigenvalue weighted by atomic mass is 16.6. The van der Waals surface area contributed by atoms with E-state index in [9.17, 15) is 14.9 Å². The first-order valence-corrected chi connectivity index (χ1v) is 5.55. The second-order valence-electron chi connectivity index (χ2n) is 4.49. The Labute approximate surface area is 98.8 Å². The van der Waals surface area contributed by atoms with Gasteiger partial charge in [0.1, 0.15) is 0 Å². The van der Waals surface area contributed by atoms with Crippen molar-refractivity contribution in [3.63, 3.8) is 0 Å². The monoisotopic (exact) mass is 234 g/mol. The number of benzene rings is 1. The molecule has 0 bridgehead atoms. The van der Waals surface area contributed by atoms with Crippen LogP contribution in [0.1, 0.15) is 29.9 Å². The highest BCUT2D eigenvalue weighted by Crippen LogP contribution is 2.44. The van der Waals surface area contributed by atoms with Gasteiger partial charge in [0.2, 0.25) is 5.91 Å². The number of nitro benzene ring substituents is 1. The van der Waals surface area contributed by atoms with Gasteiger partial charge in [-0.15, -0.1) is 0 Å². The SMILES string of the molecule is Cc1ccc([N+](=O)[O-])cc1[C@@H]1CC[C@H]1C(N)=O. The summed E-state index contributed by atoms with van der Waals surface area (Å²) in [5, 5.41) is 10.7. The number of hydrogen-bond acceptors (Lipinski definition) is 3. The predicted molar refractivity (Wildman–Crippen MR) is 62.5 cm³/mol. The third kappa shape index (κ3) is 2.00. The van der Waals surface area contributed by atoms with Crippen molar-refractivity contribution in [2.45, 2.75) is 25.7 Å². The zero-order chi connectivity index (χ0) is 12.6. The smallest absolute Gasteiger partial charge is 0.269 e. The first-order chi connectivity index (χ1) is 8.00. The number of amides is 1. The van der Waals surface area contributed by atoms with Crippen LogP contribution < -0.4 is 5.73 Å². The van der Waals surface area contributed by atoms with Gasteiger partial charge in [-0.05, 0) is 36.8 Å². The Morgan fingerprint density at radius 3 is 2.65 bits per heavy atom. The number of non-ortho nitro benzene ring substituents is 1. The average Bonchev–Trinajstić information content (AvgIpc) is 2.18. The summed E-state index contributed by atoms with van der Waals surface area (Å²) in [5.41, 5.74) is 7.23. The Morgan fingerprint density at radius 1 is 1.47 bits per heavy atom. The molecule has 1 aliphatic carbocycles. The maximum atomic E-state index is 11.2. The molecule has 0 aromatic heterocycles. The second kappa shape index (κ2) is 4.16. The van der Waals surface area contributed by atoms with Gasteiger partial charge in [0.25, 0.3) is 5.69 Å². The molecule has 1 aromatic carbocycles. The number of carbonyl (C=O) groups excluding carboxylic acids is 1. The molecular formula is C12H14N2O3. The largest absolute Gasteiger partial charge is 0.369 e. The first kappa shape index (κ1) is 11.6. The van der Waals surface area contributed by atoms with Crippen molar-refractivity contribution in [3.8, 4) is 0 Å². The molecule has 2 N–H and O–H groups in total. The van der Waals surface area contributed by atoms with Crippen molar-refractivity contribution in [1.29, 1.82) is 0 Å². The Bertz CT molecular complexity index is 485. The van der Waals surface area contributed by atoms with Gasteiger partial charge in [-0.2, -0.15) is 0 Å². The fourth-order valence-electron chi connectivity index (χ4n) is 2.35. The Hall–Kier alpha value is -1.91. The molecule has 1 aliphatic rings. The van der Waals surface area contributed by atoms with Crippen LogP contribution in [-0.4, -0.2) is 10.8 Å². The lowest BCUT2D eigenvalue weighted by Crippen LogP contribution is -2.36. The fourth-order valence-corrected chi connectivity index (χ4v) is 2.35. The van der Waals surface area contributed by atoms with Gasteiger partial charge >= 0.3 is 0 Å². The van der Waals surface area contributed by atoms with Gasteiger partial charge < -0.3 is 5.73 Å². The minimum absolute atomic E-state index is 0.0485. The van der Waals surface area contributed by atoms with Crippen LogP contribution >= 0.6 is 0 Å². The van der Waals surface area contributed by atoms with Crippen molar-refractivity contribution >= 4 is 11.6 Å². The van der Waals surface area contributed by atoms with E-state index >= 15 is 0 Å². The molecule has 1 saturated carbocycles. The lowest BCUT2D eigenvalue weighted by Gasteiger charge is -2.35. The number of primary amides is 1. The number of carbonyl (C=O) groups is 1. The zero-order valence-corrected chi connectivity index (χ0v) is 9.55. The van der Waals surface area contributed by atoms with E-state index in [0.29, 0.717) is 0 Å². The van der Waals surface area contributed by atoms with Crippen LogP contribution in [0.4, 0.5) is 5.69 Å². The van der Waals surface area contributed by atoms with Gasteiger partial charge in [-0.25, -0.2) is 0 Å². The maximum absolute atomic E-state index is 11.2. The second-order valence-corrected chi connectivity index (χ2v) is 4.49. The average molecular weight is 234 g/mol. The molecule has 0 unspecified atom stereocenters. The molecule has 1 aromatic rings. The van der Waals surface area contributed by atoms with Gasteiger partial charge in [-0.1, -0.05) is 6.07 Å². The van der Waals surface area contributed by atoms with Crippen LogP contribution in [0.5, 0.6) is 0 Å². The quantitative estimate of drug-likeness (QED) is 0.639. The van der Waals surface area contributed by atoms with E-state index in [1.807, 2.05) is 6.92 Å². The summed E-state index contributed by atoms with van der Waals surface area (Å²) in [4.78, 5) is 21.5. The molecular weight excluding hydrogens is 220 g/mol. The molecule has 17 heavy (non-hydrogen) atoms. The molecule has 5 nitrogen and oxygen atoms in total. The summed E-state index contributed by atoms with van der Waals surface area (Å²) in [5.74, 6) is -0.435. The molecule has 2 rings (SSSR count). The van der Waals surface area contributed by atoms with Gasteiger partial charge in [0, 0.05) is 18.1 Å². The van der Waals surface area contributed by atoms with E-state index < -0.39 is 4.92 Å². The lowest BCUT2D eigenvalue weighted by atomic mass is 9.68. The van der Waals surface area contributed by atoms with Crippen LogP contribution in [0.15, 0.2) is 18.2 Å². The normalized spacial score (nSPS) is 22.9. The van der Waals surface area contributed by atoms with E-state index in [1.165, 1.54) is 6.07 Å². The summed E-state index contributed by atoms with van der Waals surface area (Å²) in [6, 6.07) is 4.77. The number of rotatable bonds is 3. The van der Waals surface area contributed by atoms with Gasteiger partial charge in [0.15, 0.2) is 0 Å². The molecule has 1 fully saturated rings. The standard InChI is InChI=1S/C12H14N2O3/c1-7-2-3-8(14(16)17)6-11(7)9-4-5-10(9)12(13)15/h2-3,6,9-10H,4-5H2,1H3,(H2,13,15)/t9-,10-/m1/s1. The molecule has 0 saturated heterocycles. The minimum atomic E-state index is -0.416. The number of nitrogens with zero attached hydrogens (tertiary/aromatic N) is 1. The number of nitrogens with two attached hydrogens (primary N) is 1. The van der Waals surface area contributed by atoms with Crippen molar-refractivity contribution in [2.24, 2.45) is 11.7 Å². The van der Waals surface area contributed by atoms with E-state index in [4.69, 9.17) is 5.73 Å². The summed E-state index contributed by atoms with van der Waals surface area (Å²) in [6.45, 7) is 1.90. The van der Waals surface area contributed by atoms with Crippen LogP contribution in [0.3, 0.4) is 0 Å². The van der Waals surface area contributed by atoms with E-state index in [-0.39, 0.29) is 23.4 Å². The molecule has 2 atom stereocenters. The van der Waals surface area contributed by atoms with Crippen molar-refractivity contribution in [1.82, 2.24) is 0 Å². The van der Waals surface area contributed by atoms with E-state index in [1.54, 1.807) is 12.1 Å². The third-order valence-corrected chi connectivity index (χ3v) is 3.51. The number of nitro groups is 1. The lowest BCUT2D eigenvalue weighted by molar-refractivity contribution is -0.385. The summed E-state index contributed by atoms with van der Waals surface area (Å²) in [7, 11) is 0. The highest BCUT2D eigenvalue weighted by Gasteiger charge is 2.37. The molecule has 0 aliphatic heterocycles. The van der Waals surface area contributed by atoms with E-state index in [2.05, 4.69) is 0 Å². The molecule has 0 spiro atoms. The Balaban J connectivity index is 2.34. The van der Waals surface area contributed by atoms with Crippen molar-refractivity contribution in [3.05, 3.63) is 39.4 Å². The minimum Gasteiger partial charge on any atom is -0.369 e. The van der Waals surface area contributed by atoms with Gasteiger partial charge in [0.05, 0.1) is 4.92 Å². The summed E-state index contributed by atoms with van der Waals surface area (Å²) >= 11 is 0. The van der Waals surface area contributed by atoms with Crippen LogP contribution in [-0.2, 0) is 4.79 Å². The van der Waals surface area contributed by atoms with Crippen molar-refractivity contribution < 1.29 is 9.72 Å². The maximum Gasteiger partial charge on any atom is 0.269 e.